The maximum absolute atomic E-state index is 12.2. The van der Waals surface area contributed by atoms with E-state index in [1.807, 2.05) is 0 Å². The molecule has 4 heteroatoms. The predicted octanol–water partition coefficient (Wildman–Crippen LogP) is 4.14. The Labute approximate surface area is 156 Å². The first kappa shape index (κ1) is 17.6. The van der Waals surface area contributed by atoms with E-state index in [1.165, 1.54) is 29.1 Å². The molecule has 3 unspecified atom stereocenters. The first-order valence-electron chi connectivity index (χ1n) is 9.99. The molecule has 1 aromatic heterocycles. The van der Waals surface area contributed by atoms with E-state index < -0.39 is 0 Å². The monoisotopic (exact) mass is 354 g/mol. The van der Waals surface area contributed by atoms with Crippen LogP contribution in [0.25, 0.3) is 10.9 Å². The van der Waals surface area contributed by atoms with Gasteiger partial charge in [0.2, 0.25) is 0 Å². The number of esters is 1. The first-order chi connectivity index (χ1) is 12.6. The number of carbonyl (C=O) groups excluding carboxylic acids is 1. The standard InChI is InChI=1S/C22H30N2O2/c1-5-16(6-2)24-13-14-11-20-18(17-8-7-9-19(24)21(14)17)10-15(12-23(20)3)22(25)26-4/h7-9,13,15-16,18,20H,5-6,10-12H2,1-4H3. The van der Waals surface area contributed by atoms with Crippen LogP contribution in [-0.4, -0.2) is 42.2 Å². The Morgan fingerprint density at radius 2 is 2.08 bits per heavy atom. The lowest BCUT2D eigenvalue weighted by molar-refractivity contribution is -0.148. The maximum Gasteiger partial charge on any atom is 0.309 e. The number of fused-ring (bicyclic) bond motifs is 2. The van der Waals surface area contributed by atoms with Gasteiger partial charge in [0, 0.05) is 41.6 Å². The van der Waals surface area contributed by atoms with Crippen LogP contribution in [0.15, 0.2) is 24.4 Å². The summed E-state index contributed by atoms with van der Waals surface area (Å²) in [5, 5.41) is 1.44. The van der Waals surface area contributed by atoms with Crippen LogP contribution in [0, 0.1) is 5.92 Å². The summed E-state index contributed by atoms with van der Waals surface area (Å²) < 4.78 is 7.56. The molecule has 2 heterocycles. The Bertz CT molecular complexity index is 821. The van der Waals surface area contributed by atoms with Gasteiger partial charge in [-0.2, -0.15) is 0 Å². The van der Waals surface area contributed by atoms with E-state index in [0.29, 0.717) is 18.0 Å². The van der Waals surface area contributed by atoms with Crippen LogP contribution in [0.5, 0.6) is 0 Å². The third-order valence-electron chi connectivity index (χ3n) is 6.75. The van der Waals surface area contributed by atoms with Crippen molar-refractivity contribution in [2.24, 2.45) is 5.92 Å². The minimum Gasteiger partial charge on any atom is -0.469 e. The predicted molar refractivity (Wildman–Crippen MR) is 105 cm³/mol. The van der Waals surface area contributed by atoms with Gasteiger partial charge >= 0.3 is 5.97 Å². The van der Waals surface area contributed by atoms with Crippen molar-refractivity contribution in [1.82, 2.24) is 9.47 Å². The topological polar surface area (TPSA) is 34.5 Å². The van der Waals surface area contributed by atoms with Crippen molar-refractivity contribution in [3.8, 4) is 0 Å². The van der Waals surface area contributed by atoms with E-state index in [2.05, 4.69) is 54.8 Å². The number of benzene rings is 1. The number of likely N-dealkylation sites (N-methyl/N-ethyl adjacent to an activating group) is 1. The second-order valence-corrected chi connectivity index (χ2v) is 8.05. The second-order valence-electron chi connectivity index (χ2n) is 8.05. The minimum absolute atomic E-state index is 0.0239. The highest BCUT2D eigenvalue weighted by Gasteiger charge is 2.42. The van der Waals surface area contributed by atoms with Gasteiger partial charge in [0.05, 0.1) is 13.0 Å². The smallest absolute Gasteiger partial charge is 0.309 e. The summed E-state index contributed by atoms with van der Waals surface area (Å²) in [5.41, 5.74) is 4.28. The molecule has 0 amide bonds. The molecule has 26 heavy (non-hydrogen) atoms. The van der Waals surface area contributed by atoms with Crippen molar-refractivity contribution in [2.75, 3.05) is 20.7 Å². The average Bonchev–Trinajstić information content (AvgIpc) is 3.03. The number of carbonyl (C=O) groups is 1. The van der Waals surface area contributed by atoms with Gasteiger partial charge in [0.15, 0.2) is 0 Å². The van der Waals surface area contributed by atoms with E-state index in [-0.39, 0.29) is 11.9 Å². The molecule has 0 N–H and O–H groups in total. The minimum atomic E-state index is -0.0668. The summed E-state index contributed by atoms with van der Waals surface area (Å²) in [6.45, 7) is 5.35. The summed E-state index contributed by atoms with van der Waals surface area (Å²) in [6, 6.07) is 7.79. The zero-order valence-electron chi connectivity index (χ0n) is 16.4. The number of piperidine rings is 1. The van der Waals surface area contributed by atoms with Crippen molar-refractivity contribution < 1.29 is 9.53 Å². The molecule has 0 radical (unpaired) electrons. The highest BCUT2D eigenvalue weighted by Crippen LogP contribution is 2.45. The van der Waals surface area contributed by atoms with Gasteiger partial charge in [-0.3, -0.25) is 4.79 Å². The average molecular weight is 354 g/mol. The summed E-state index contributed by atoms with van der Waals surface area (Å²) in [7, 11) is 3.67. The molecule has 1 saturated heterocycles. The molecule has 4 nitrogen and oxygen atoms in total. The van der Waals surface area contributed by atoms with E-state index in [4.69, 9.17) is 4.74 Å². The Morgan fingerprint density at radius 3 is 2.77 bits per heavy atom. The van der Waals surface area contributed by atoms with Crippen molar-refractivity contribution >= 4 is 16.9 Å². The summed E-state index contributed by atoms with van der Waals surface area (Å²) >= 11 is 0. The molecule has 2 aliphatic rings. The van der Waals surface area contributed by atoms with Crippen molar-refractivity contribution in [3.63, 3.8) is 0 Å². The van der Waals surface area contributed by atoms with Crippen LogP contribution in [0.1, 0.15) is 56.2 Å². The molecule has 2 aromatic rings. The fourth-order valence-electron chi connectivity index (χ4n) is 5.40. The van der Waals surface area contributed by atoms with Crippen LogP contribution in [-0.2, 0) is 16.0 Å². The van der Waals surface area contributed by atoms with Gasteiger partial charge in [0.25, 0.3) is 0 Å². The number of likely N-dealkylation sites (tertiary alicyclic amines) is 1. The lowest BCUT2D eigenvalue weighted by Gasteiger charge is -2.44. The van der Waals surface area contributed by atoms with Gasteiger partial charge in [0.1, 0.15) is 0 Å². The first-order valence-corrected chi connectivity index (χ1v) is 9.99. The van der Waals surface area contributed by atoms with E-state index in [9.17, 15) is 4.79 Å². The van der Waals surface area contributed by atoms with Crippen molar-refractivity contribution in [3.05, 3.63) is 35.5 Å². The lowest BCUT2D eigenvalue weighted by Crippen LogP contribution is -2.49. The molecule has 1 aromatic carbocycles. The van der Waals surface area contributed by atoms with E-state index in [0.717, 1.165) is 32.2 Å². The third kappa shape index (κ3) is 2.58. The van der Waals surface area contributed by atoms with E-state index in [1.54, 1.807) is 0 Å². The SMILES string of the molecule is CCC(CC)n1cc2c3c(cccc31)C1CC(C(=O)OC)CN(C)C1C2. The molecule has 0 bridgehead atoms. The highest BCUT2D eigenvalue weighted by molar-refractivity contribution is 5.89. The molecular weight excluding hydrogens is 324 g/mol. The second kappa shape index (κ2) is 6.73. The number of hydrogen-bond acceptors (Lipinski definition) is 3. The third-order valence-corrected chi connectivity index (χ3v) is 6.75. The molecule has 0 spiro atoms. The van der Waals surface area contributed by atoms with Crippen LogP contribution >= 0.6 is 0 Å². The molecular formula is C22H30N2O2. The van der Waals surface area contributed by atoms with Crippen LogP contribution in [0.4, 0.5) is 0 Å². The van der Waals surface area contributed by atoms with Crippen molar-refractivity contribution in [2.45, 2.75) is 57.5 Å². The Kier molecular flexibility index (Phi) is 4.55. The highest BCUT2D eigenvalue weighted by atomic mass is 16.5. The van der Waals surface area contributed by atoms with Gasteiger partial charge in [-0.05, 0) is 49.9 Å². The Hall–Kier alpha value is -1.81. The normalized spacial score (nSPS) is 25.5. The molecule has 140 valence electrons. The Morgan fingerprint density at radius 1 is 1.31 bits per heavy atom. The number of aromatic nitrogens is 1. The van der Waals surface area contributed by atoms with Gasteiger partial charge < -0.3 is 14.2 Å². The zero-order valence-corrected chi connectivity index (χ0v) is 16.4. The number of hydrogen-bond donors (Lipinski definition) is 0. The molecule has 1 aliphatic carbocycles. The fraction of sp³-hybridized carbons (Fsp3) is 0.591. The maximum atomic E-state index is 12.2. The molecule has 4 rings (SSSR count). The molecule has 1 aliphatic heterocycles. The van der Waals surface area contributed by atoms with Crippen LogP contribution in [0.2, 0.25) is 0 Å². The van der Waals surface area contributed by atoms with Gasteiger partial charge in [-0.25, -0.2) is 0 Å². The zero-order chi connectivity index (χ0) is 18.4. The summed E-state index contributed by atoms with van der Waals surface area (Å²) in [4.78, 5) is 14.6. The number of ether oxygens (including phenoxy) is 1. The largest absolute Gasteiger partial charge is 0.469 e. The quantitative estimate of drug-likeness (QED) is 0.774. The summed E-state index contributed by atoms with van der Waals surface area (Å²) in [5.74, 6) is 0.318. The number of rotatable bonds is 4. The van der Waals surface area contributed by atoms with Gasteiger partial charge in [-0.15, -0.1) is 0 Å². The van der Waals surface area contributed by atoms with Crippen LogP contribution < -0.4 is 0 Å². The Balaban J connectivity index is 1.81. The van der Waals surface area contributed by atoms with E-state index >= 15 is 0 Å². The van der Waals surface area contributed by atoms with Gasteiger partial charge in [-0.1, -0.05) is 26.0 Å². The molecule has 0 saturated carbocycles. The summed E-state index contributed by atoms with van der Waals surface area (Å²) in [6.07, 6.45) is 6.69. The number of nitrogens with zero attached hydrogens (tertiary/aromatic N) is 2. The molecule has 3 atom stereocenters. The number of methoxy groups -OCH3 is 1. The fourth-order valence-corrected chi connectivity index (χ4v) is 5.40. The van der Waals surface area contributed by atoms with Crippen molar-refractivity contribution in [1.29, 1.82) is 0 Å². The lowest BCUT2D eigenvalue weighted by atomic mass is 9.72. The molecule has 1 fully saturated rings. The van der Waals surface area contributed by atoms with Crippen LogP contribution in [0.3, 0.4) is 0 Å².